The van der Waals surface area contributed by atoms with Crippen molar-refractivity contribution >= 4 is 11.3 Å². The van der Waals surface area contributed by atoms with Gasteiger partial charge < -0.3 is 10.1 Å². The Bertz CT molecular complexity index is 548. The maximum absolute atomic E-state index is 5.71. The Labute approximate surface area is 131 Å². The second kappa shape index (κ2) is 8.01. The van der Waals surface area contributed by atoms with E-state index >= 15 is 0 Å². The molecule has 0 aliphatic carbocycles. The summed E-state index contributed by atoms with van der Waals surface area (Å²) in [6, 6.07) is 12.8. The van der Waals surface area contributed by atoms with Gasteiger partial charge in [-0.15, -0.1) is 11.3 Å². The van der Waals surface area contributed by atoms with E-state index in [-0.39, 0.29) is 0 Å². The van der Waals surface area contributed by atoms with Gasteiger partial charge in [-0.2, -0.15) is 0 Å². The molecule has 0 saturated carbocycles. The normalized spacial score (nSPS) is 12.3. The van der Waals surface area contributed by atoms with Gasteiger partial charge in [-0.25, -0.2) is 0 Å². The van der Waals surface area contributed by atoms with Crippen molar-refractivity contribution in [1.29, 1.82) is 0 Å². The molecule has 3 heteroatoms. The van der Waals surface area contributed by atoms with Crippen LogP contribution in [0.4, 0.5) is 0 Å². The minimum Gasteiger partial charge on any atom is -0.489 e. The Hall–Kier alpha value is -1.58. The maximum atomic E-state index is 5.71. The summed E-state index contributed by atoms with van der Waals surface area (Å²) in [5.74, 6) is 1.48. The van der Waals surface area contributed by atoms with Crippen molar-refractivity contribution in [3.05, 3.63) is 64.9 Å². The van der Waals surface area contributed by atoms with E-state index in [1.807, 2.05) is 18.2 Å². The van der Waals surface area contributed by atoms with Gasteiger partial charge in [0.1, 0.15) is 12.4 Å². The van der Waals surface area contributed by atoms with Crippen molar-refractivity contribution < 1.29 is 4.74 Å². The molecular weight excluding hydrogens is 278 g/mol. The first-order valence-corrected chi connectivity index (χ1v) is 8.18. The summed E-state index contributed by atoms with van der Waals surface area (Å²) in [4.78, 5) is 1.38. The third kappa shape index (κ3) is 4.45. The van der Waals surface area contributed by atoms with Crippen LogP contribution in [-0.4, -0.2) is 6.61 Å². The van der Waals surface area contributed by atoms with Crippen LogP contribution < -0.4 is 10.1 Å². The van der Waals surface area contributed by atoms with Gasteiger partial charge in [0.2, 0.25) is 0 Å². The van der Waals surface area contributed by atoms with Crippen LogP contribution in [0.1, 0.15) is 30.3 Å². The van der Waals surface area contributed by atoms with Gasteiger partial charge in [-0.05, 0) is 23.4 Å². The number of nitrogens with one attached hydrogen (secondary N) is 1. The average molecular weight is 301 g/mol. The highest BCUT2D eigenvalue weighted by Gasteiger charge is 2.16. The van der Waals surface area contributed by atoms with Crippen LogP contribution in [0.25, 0.3) is 0 Å². The number of benzene rings is 1. The molecular formula is C18H23NOS. The Morgan fingerprint density at radius 3 is 2.71 bits per heavy atom. The van der Waals surface area contributed by atoms with Crippen molar-refractivity contribution in [2.75, 3.05) is 6.61 Å². The van der Waals surface area contributed by atoms with Gasteiger partial charge in [0.05, 0.1) is 0 Å². The fraction of sp³-hybridized carbons (Fsp3) is 0.333. The second-order valence-corrected chi connectivity index (χ2v) is 6.30. The Morgan fingerprint density at radius 2 is 2.05 bits per heavy atom. The summed E-state index contributed by atoms with van der Waals surface area (Å²) in [5.41, 5.74) is 1.18. The predicted molar refractivity (Wildman–Crippen MR) is 90.9 cm³/mol. The molecule has 1 heterocycles. The van der Waals surface area contributed by atoms with Crippen LogP contribution in [0.3, 0.4) is 0 Å². The molecule has 0 aliphatic heterocycles. The van der Waals surface area contributed by atoms with E-state index in [0.29, 0.717) is 18.6 Å². The lowest BCUT2D eigenvalue weighted by Gasteiger charge is -2.22. The Morgan fingerprint density at radius 1 is 1.24 bits per heavy atom. The third-order valence-corrected chi connectivity index (χ3v) is 4.31. The number of para-hydroxylation sites is 1. The van der Waals surface area contributed by atoms with Crippen molar-refractivity contribution in [1.82, 2.24) is 5.32 Å². The summed E-state index contributed by atoms with van der Waals surface area (Å²) in [7, 11) is 0. The number of rotatable bonds is 8. The zero-order chi connectivity index (χ0) is 15.1. The molecule has 1 atom stereocenters. The smallest absolute Gasteiger partial charge is 0.124 e. The quantitative estimate of drug-likeness (QED) is 0.707. The van der Waals surface area contributed by atoms with E-state index in [1.54, 1.807) is 17.4 Å². The van der Waals surface area contributed by atoms with Gasteiger partial charge in [-0.1, -0.05) is 50.8 Å². The van der Waals surface area contributed by atoms with Gasteiger partial charge in [-0.3, -0.25) is 0 Å². The third-order valence-electron chi connectivity index (χ3n) is 3.36. The van der Waals surface area contributed by atoms with E-state index in [4.69, 9.17) is 4.74 Å². The number of thiophene rings is 1. The standard InChI is InChI=1S/C18H23NOS/c1-4-11-20-16-9-6-5-8-15(16)13-19-18(14(2)3)17-10-7-12-21-17/h4-10,12,14,18-19H,1,11,13H2,2-3H3. The van der Waals surface area contributed by atoms with Gasteiger partial charge in [0.15, 0.2) is 0 Å². The topological polar surface area (TPSA) is 21.3 Å². The van der Waals surface area contributed by atoms with Gasteiger partial charge in [0.25, 0.3) is 0 Å². The number of hydrogen-bond acceptors (Lipinski definition) is 3. The summed E-state index contributed by atoms with van der Waals surface area (Å²) in [5, 5.41) is 5.79. The lowest BCUT2D eigenvalue weighted by atomic mass is 10.0. The highest BCUT2D eigenvalue weighted by molar-refractivity contribution is 7.10. The largest absolute Gasteiger partial charge is 0.489 e. The molecule has 21 heavy (non-hydrogen) atoms. The second-order valence-electron chi connectivity index (χ2n) is 5.33. The van der Waals surface area contributed by atoms with Crippen molar-refractivity contribution in [2.24, 2.45) is 5.92 Å². The fourth-order valence-electron chi connectivity index (χ4n) is 2.29. The van der Waals surface area contributed by atoms with Crippen molar-refractivity contribution in [3.8, 4) is 5.75 Å². The minimum atomic E-state index is 0.373. The molecule has 1 N–H and O–H groups in total. The zero-order valence-corrected chi connectivity index (χ0v) is 13.5. The molecule has 0 aliphatic rings. The Balaban J connectivity index is 2.05. The number of ether oxygens (including phenoxy) is 1. The molecule has 1 aromatic carbocycles. The SMILES string of the molecule is C=CCOc1ccccc1CNC(c1cccs1)C(C)C. The predicted octanol–water partition coefficient (Wildman–Crippen LogP) is 4.80. The first kappa shape index (κ1) is 15.8. The van der Waals surface area contributed by atoms with E-state index in [1.165, 1.54) is 10.4 Å². The molecule has 1 aromatic heterocycles. The van der Waals surface area contributed by atoms with Crippen molar-refractivity contribution in [2.45, 2.75) is 26.4 Å². The fourth-order valence-corrected chi connectivity index (χ4v) is 3.27. The highest BCUT2D eigenvalue weighted by atomic mass is 32.1. The summed E-state index contributed by atoms with van der Waals surface area (Å²) in [6.45, 7) is 9.53. The van der Waals surface area contributed by atoms with Crippen LogP contribution in [0.2, 0.25) is 0 Å². The molecule has 0 saturated heterocycles. The first-order valence-electron chi connectivity index (χ1n) is 7.30. The van der Waals surface area contributed by atoms with E-state index < -0.39 is 0 Å². The number of hydrogen-bond donors (Lipinski definition) is 1. The van der Waals surface area contributed by atoms with Gasteiger partial charge >= 0.3 is 0 Å². The summed E-state index contributed by atoms with van der Waals surface area (Å²) >= 11 is 1.81. The van der Waals surface area contributed by atoms with Crippen LogP contribution >= 0.6 is 11.3 Å². The molecule has 0 fully saturated rings. The maximum Gasteiger partial charge on any atom is 0.124 e. The van der Waals surface area contributed by atoms with Crippen LogP contribution in [0.15, 0.2) is 54.4 Å². The molecule has 1 unspecified atom stereocenters. The average Bonchev–Trinajstić information content (AvgIpc) is 3.00. The zero-order valence-electron chi connectivity index (χ0n) is 12.7. The van der Waals surface area contributed by atoms with Gasteiger partial charge in [0, 0.05) is 23.0 Å². The molecule has 2 rings (SSSR count). The highest BCUT2D eigenvalue weighted by Crippen LogP contribution is 2.27. The minimum absolute atomic E-state index is 0.373. The van der Waals surface area contributed by atoms with E-state index in [9.17, 15) is 0 Å². The van der Waals surface area contributed by atoms with Crippen molar-refractivity contribution in [3.63, 3.8) is 0 Å². The molecule has 0 spiro atoms. The molecule has 2 aromatic rings. The Kier molecular flexibility index (Phi) is 6.03. The first-order chi connectivity index (χ1) is 10.2. The molecule has 0 amide bonds. The monoisotopic (exact) mass is 301 g/mol. The molecule has 112 valence electrons. The summed E-state index contributed by atoms with van der Waals surface area (Å²) in [6.07, 6.45) is 1.77. The van der Waals surface area contributed by atoms with E-state index in [0.717, 1.165) is 12.3 Å². The lowest BCUT2D eigenvalue weighted by molar-refractivity contribution is 0.353. The summed E-state index contributed by atoms with van der Waals surface area (Å²) < 4.78 is 5.71. The molecule has 0 radical (unpaired) electrons. The molecule has 0 bridgehead atoms. The lowest BCUT2D eigenvalue weighted by Crippen LogP contribution is -2.24. The van der Waals surface area contributed by atoms with E-state index in [2.05, 4.69) is 49.3 Å². The van der Waals surface area contributed by atoms with Crippen LogP contribution in [0.5, 0.6) is 5.75 Å². The molecule has 2 nitrogen and oxygen atoms in total. The van der Waals surface area contributed by atoms with Crippen LogP contribution in [-0.2, 0) is 6.54 Å². The van der Waals surface area contributed by atoms with Crippen LogP contribution in [0, 0.1) is 5.92 Å².